The average Bonchev–Trinajstić information content (AvgIpc) is 2.82. The van der Waals surface area contributed by atoms with E-state index in [1.54, 1.807) is 25.1 Å². The van der Waals surface area contributed by atoms with Gasteiger partial charge in [-0.15, -0.1) is 0 Å². The highest BCUT2D eigenvalue weighted by Crippen LogP contribution is 2.18. The Morgan fingerprint density at radius 2 is 2.25 bits per heavy atom. The van der Waals surface area contributed by atoms with E-state index in [1.807, 2.05) is 7.05 Å². The van der Waals surface area contributed by atoms with Gasteiger partial charge in [0.15, 0.2) is 0 Å². The summed E-state index contributed by atoms with van der Waals surface area (Å²) in [5.74, 6) is 0. The lowest BCUT2D eigenvalue weighted by atomic mass is 10.1. The highest BCUT2D eigenvalue weighted by molar-refractivity contribution is 7.89. The maximum absolute atomic E-state index is 12.3. The first kappa shape index (κ1) is 15.4. The Balaban J connectivity index is 2.08. The molecular formula is C14H22N2O3S. The lowest BCUT2D eigenvalue weighted by molar-refractivity contribution is 0.199. The Hall–Kier alpha value is -0.950. The zero-order valence-electron chi connectivity index (χ0n) is 11.9. The predicted octanol–water partition coefficient (Wildman–Crippen LogP) is 1.11. The third kappa shape index (κ3) is 3.58. The molecule has 6 heteroatoms. The number of likely N-dealkylation sites (N-methyl/N-ethyl adjacent to an activating group) is 1. The largest absolute Gasteiger partial charge is 0.389 e. The number of benzene rings is 1. The quantitative estimate of drug-likeness (QED) is 0.854. The van der Waals surface area contributed by atoms with E-state index in [0.717, 1.165) is 19.4 Å². The number of aliphatic hydroxyl groups excluding tert-OH is 1. The van der Waals surface area contributed by atoms with Crippen molar-refractivity contribution in [1.82, 2.24) is 9.62 Å². The van der Waals surface area contributed by atoms with Gasteiger partial charge >= 0.3 is 0 Å². The first-order valence-corrected chi connectivity index (χ1v) is 8.36. The van der Waals surface area contributed by atoms with Gasteiger partial charge in [-0.3, -0.25) is 0 Å². The molecule has 1 aromatic carbocycles. The van der Waals surface area contributed by atoms with Crippen LogP contribution in [-0.2, 0) is 10.0 Å². The van der Waals surface area contributed by atoms with Gasteiger partial charge in [-0.25, -0.2) is 13.1 Å². The van der Waals surface area contributed by atoms with Gasteiger partial charge < -0.3 is 10.0 Å². The average molecular weight is 298 g/mol. The summed E-state index contributed by atoms with van der Waals surface area (Å²) in [6, 6.07) is 6.70. The fraction of sp³-hybridized carbons (Fsp3) is 0.571. The fourth-order valence-corrected chi connectivity index (χ4v) is 3.60. The zero-order chi connectivity index (χ0) is 14.8. The van der Waals surface area contributed by atoms with Gasteiger partial charge in [0, 0.05) is 12.6 Å². The molecule has 1 heterocycles. The summed E-state index contributed by atoms with van der Waals surface area (Å²) < 4.78 is 27.2. The second kappa shape index (κ2) is 6.22. The molecule has 5 nitrogen and oxygen atoms in total. The molecule has 0 amide bonds. The van der Waals surface area contributed by atoms with Crippen LogP contribution < -0.4 is 4.72 Å². The van der Waals surface area contributed by atoms with Crippen LogP contribution in [0.3, 0.4) is 0 Å². The molecule has 20 heavy (non-hydrogen) atoms. The molecule has 1 aliphatic rings. The predicted molar refractivity (Wildman–Crippen MR) is 77.9 cm³/mol. The van der Waals surface area contributed by atoms with E-state index >= 15 is 0 Å². The minimum absolute atomic E-state index is 0.205. The van der Waals surface area contributed by atoms with Crippen molar-refractivity contribution in [2.45, 2.75) is 36.8 Å². The molecule has 2 atom stereocenters. The number of likely N-dealkylation sites (tertiary alicyclic amines) is 1. The molecule has 2 N–H and O–H groups in total. The number of hydrogen-bond donors (Lipinski definition) is 2. The molecule has 1 aliphatic heterocycles. The Morgan fingerprint density at radius 1 is 1.50 bits per heavy atom. The Morgan fingerprint density at radius 3 is 2.85 bits per heavy atom. The van der Waals surface area contributed by atoms with Crippen molar-refractivity contribution in [3.63, 3.8) is 0 Å². The summed E-state index contributed by atoms with van der Waals surface area (Å²) in [6.45, 7) is 3.06. The number of hydrogen-bond acceptors (Lipinski definition) is 4. The van der Waals surface area contributed by atoms with Crippen LogP contribution in [0.15, 0.2) is 29.2 Å². The third-order valence-corrected chi connectivity index (χ3v) is 5.25. The summed E-state index contributed by atoms with van der Waals surface area (Å²) in [5, 5.41) is 9.53. The van der Waals surface area contributed by atoms with Gasteiger partial charge in [-0.1, -0.05) is 12.1 Å². The Bertz CT molecular complexity index is 557. The van der Waals surface area contributed by atoms with Gasteiger partial charge in [0.2, 0.25) is 10.0 Å². The Labute approximate surface area is 120 Å². The molecule has 0 aliphatic carbocycles. The van der Waals surface area contributed by atoms with Crippen LogP contribution in [0.5, 0.6) is 0 Å². The smallest absolute Gasteiger partial charge is 0.240 e. The van der Waals surface area contributed by atoms with Crippen LogP contribution in [-0.4, -0.2) is 44.6 Å². The van der Waals surface area contributed by atoms with Crippen LogP contribution in [0.1, 0.15) is 31.4 Å². The van der Waals surface area contributed by atoms with Crippen molar-refractivity contribution in [2.75, 3.05) is 20.1 Å². The van der Waals surface area contributed by atoms with Crippen LogP contribution in [0, 0.1) is 0 Å². The minimum Gasteiger partial charge on any atom is -0.389 e. The first-order chi connectivity index (χ1) is 9.40. The summed E-state index contributed by atoms with van der Waals surface area (Å²) in [4.78, 5) is 2.38. The van der Waals surface area contributed by atoms with E-state index in [2.05, 4.69) is 9.62 Å². The van der Waals surface area contributed by atoms with Crippen LogP contribution in [0.2, 0.25) is 0 Å². The molecule has 0 saturated carbocycles. The summed E-state index contributed by atoms with van der Waals surface area (Å²) in [6.07, 6.45) is 1.46. The van der Waals surface area contributed by atoms with Gasteiger partial charge in [0.25, 0.3) is 0 Å². The molecule has 0 radical (unpaired) electrons. The van der Waals surface area contributed by atoms with Crippen LogP contribution in [0.4, 0.5) is 0 Å². The monoisotopic (exact) mass is 298 g/mol. The Kier molecular flexibility index (Phi) is 4.80. The molecule has 112 valence electrons. The van der Waals surface area contributed by atoms with Gasteiger partial charge in [0.05, 0.1) is 11.0 Å². The molecule has 0 bridgehead atoms. The maximum Gasteiger partial charge on any atom is 0.240 e. The van der Waals surface area contributed by atoms with E-state index < -0.39 is 16.1 Å². The number of nitrogens with zero attached hydrogens (tertiary/aromatic N) is 1. The van der Waals surface area contributed by atoms with Gasteiger partial charge in [-0.05, 0) is 51.1 Å². The molecule has 1 fully saturated rings. The number of sulfonamides is 1. The lowest BCUT2D eigenvalue weighted by Crippen LogP contribution is -2.38. The van der Waals surface area contributed by atoms with Gasteiger partial charge in [0.1, 0.15) is 0 Å². The summed E-state index contributed by atoms with van der Waals surface area (Å²) in [7, 11) is -1.50. The van der Waals surface area contributed by atoms with E-state index in [9.17, 15) is 13.5 Å². The third-order valence-electron chi connectivity index (χ3n) is 3.83. The maximum atomic E-state index is 12.3. The standard InChI is InChI=1S/C14H22N2O3S/c1-11(17)12-5-3-7-14(9-12)20(18,19)15-10-13-6-4-8-16(13)2/h3,5,7,9,11,13,15,17H,4,6,8,10H2,1-2H3. The first-order valence-electron chi connectivity index (χ1n) is 6.88. The van der Waals surface area contributed by atoms with Crippen molar-refractivity contribution in [1.29, 1.82) is 0 Å². The molecule has 0 spiro atoms. The second-order valence-electron chi connectivity index (χ2n) is 5.38. The number of rotatable bonds is 5. The number of nitrogens with one attached hydrogen (secondary N) is 1. The van der Waals surface area contributed by atoms with E-state index in [4.69, 9.17) is 0 Å². The zero-order valence-corrected chi connectivity index (χ0v) is 12.7. The summed E-state index contributed by atoms with van der Waals surface area (Å²) >= 11 is 0. The normalized spacial score (nSPS) is 22.1. The van der Waals surface area contributed by atoms with Crippen LogP contribution in [0.25, 0.3) is 0 Å². The van der Waals surface area contributed by atoms with E-state index in [0.29, 0.717) is 12.1 Å². The molecule has 2 rings (SSSR count). The molecule has 0 aromatic heterocycles. The van der Waals surface area contributed by atoms with Crippen LogP contribution >= 0.6 is 0 Å². The van der Waals surface area contributed by atoms with E-state index in [1.165, 1.54) is 6.07 Å². The molecular weight excluding hydrogens is 276 g/mol. The topological polar surface area (TPSA) is 69.6 Å². The van der Waals surface area contributed by atoms with Crippen molar-refractivity contribution in [2.24, 2.45) is 0 Å². The SMILES string of the molecule is CC(O)c1cccc(S(=O)(=O)NCC2CCCN2C)c1. The lowest BCUT2D eigenvalue weighted by Gasteiger charge is -2.19. The second-order valence-corrected chi connectivity index (χ2v) is 7.14. The van der Waals surface area contributed by atoms with Crippen molar-refractivity contribution in [3.8, 4) is 0 Å². The van der Waals surface area contributed by atoms with Crippen molar-refractivity contribution >= 4 is 10.0 Å². The highest BCUT2D eigenvalue weighted by atomic mass is 32.2. The fourth-order valence-electron chi connectivity index (χ4n) is 2.47. The molecule has 1 aromatic rings. The summed E-state index contributed by atoms with van der Waals surface area (Å²) in [5.41, 5.74) is 0.603. The minimum atomic E-state index is -3.51. The van der Waals surface area contributed by atoms with E-state index in [-0.39, 0.29) is 10.9 Å². The molecule has 1 saturated heterocycles. The van der Waals surface area contributed by atoms with Gasteiger partial charge in [-0.2, -0.15) is 0 Å². The number of aliphatic hydroxyl groups is 1. The van der Waals surface area contributed by atoms with Crippen molar-refractivity contribution in [3.05, 3.63) is 29.8 Å². The van der Waals surface area contributed by atoms with Crippen molar-refractivity contribution < 1.29 is 13.5 Å². The molecule has 2 unspecified atom stereocenters. The highest BCUT2D eigenvalue weighted by Gasteiger charge is 2.23.